The van der Waals surface area contributed by atoms with E-state index >= 15 is 0 Å². The summed E-state index contributed by atoms with van der Waals surface area (Å²) in [5, 5.41) is 0. The Bertz CT molecular complexity index is 202. The molecule has 0 spiro atoms. The molecule has 1 aliphatic heterocycles. The second-order valence-corrected chi connectivity index (χ2v) is 4.88. The highest BCUT2D eigenvalue weighted by Crippen LogP contribution is 2.12. The third-order valence-electron chi connectivity index (χ3n) is 2.50. The number of hydrogen-bond acceptors (Lipinski definition) is 3. The van der Waals surface area contributed by atoms with Gasteiger partial charge in [-0.05, 0) is 26.7 Å². The maximum atomic E-state index is 11.7. The molecule has 1 rings (SSSR count). The van der Waals surface area contributed by atoms with Crippen molar-refractivity contribution < 1.29 is 4.79 Å². The Morgan fingerprint density at radius 3 is 2.36 bits per heavy atom. The van der Waals surface area contributed by atoms with Crippen LogP contribution in [0.25, 0.3) is 0 Å². The molecule has 0 aromatic rings. The minimum atomic E-state index is -0.406. The van der Waals surface area contributed by atoms with E-state index in [0.29, 0.717) is 6.42 Å². The van der Waals surface area contributed by atoms with E-state index in [1.165, 1.54) is 0 Å². The first kappa shape index (κ1) is 11.5. The number of nitrogens with two attached hydrogens (primary N) is 2. The monoisotopic (exact) mass is 199 g/mol. The van der Waals surface area contributed by atoms with Crippen LogP contribution in [0.3, 0.4) is 0 Å². The van der Waals surface area contributed by atoms with Crippen molar-refractivity contribution in [3.63, 3.8) is 0 Å². The van der Waals surface area contributed by atoms with Crippen molar-refractivity contribution in [2.24, 2.45) is 11.5 Å². The number of rotatable bonds is 2. The van der Waals surface area contributed by atoms with Crippen LogP contribution in [0.4, 0.5) is 0 Å². The van der Waals surface area contributed by atoms with E-state index in [1.54, 1.807) is 0 Å². The lowest BCUT2D eigenvalue weighted by atomic mass is 9.99. The molecule has 4 heteroatoms. The average molecular weight is 199 g/mol. The topological polar surface area (TPSA) is 72.4 Å². The molecule has 1 amide bonds. The number of nitrogens with zero attached hydrogens (tertiary/aromatic N) is 1. The van der Waals surface area contributed by atoms with Crippen LogP contribution in [0.2, 0.25) is 0 Å². The smallest absolute Gasteiger partial charge is 0.224 e. The van der Waals surface area contributed by atoms with Gasteiger partial charge >= 0.3 is 0 Å². The Morgan fingerprint density at radius 1 is 1.43 bits per heavy atom. The fraction of sp³-hybridized carbons (Fsp3) is 0.900. The lowest BCUT2D eigenvalue weighted by Gasteiger charge is -2.32. The molecule has 1 aliphatic rings. The van der Waals surface area contributed by atoms with Gasteiger partial charge in [-0.25, -0.2) is 0 Å². The first-order chi connectivity index (χ1) is 6.38. The quantitative estimate of drug-likeness (QED) is 0.660. The molecule has 82 valence electrons. The minimum absolute atomic E-state index is 0.157. The van der Waals surface area contributed by atoms with E-state index < -0.39 is 5.54 Å². The maximum Gasteiger partial charge on any atom is 0.224 e. The minimum Gasteiger partial charge on any atom is -0.343 e. The summed E-state index contributed by atoms with van der Waals surface area (Å²) < 4.78 is 0. The third kappa shape index (κ3) is 3.64. The van der Waals surface area contributed by atoms with Gasteiger partial charge in [-0.3, -0.25) is 4.79 Å². The molecular weight excluding hydrogens is 178 g/mol. The van der Waals surface area contributed by atoms with Gasteiger partial charge in [0.25, 0.3) is 0 Å². The molecule has 0 atom stereocenters. The van der Waals surface area contributed by atoms with Crippen LogP contribution in [-0.2, 0) is 4.79 Å². The highest BCUT2D eigenvalue weighted by atomic mass is 16.2. The molecular formula is C10H21N3O. The zero-order valence-corrected chi connectivity index (χ0v) is 9.12. The van der Waals surface area contributed by atoms with E-state index in [1.807, 2.05) is 18.7 Å². The van der Waals surface area contributed by atoms with Gasteiger partial charge in [-0.2, -0.15) is 0 Å². The van der Waals surface area contributed by atoms with Crippen LogP contribution in [0.5, 0.6) is 0 Å². The van der Waals surface area contributed by atoms with Crippen molar-refractivity contribution >= 4 is 5.91 Å². The lowest BCUT2D eigenvalue weighted by molar-refractivity contribution is -0.133. The molecule has 0 aromatic heterocycles. The Morgan fingerprint density at radius 2 is 1.93 bits per heavy atom. The Hall–Kier alpha value is -0.610. The van der Waals surface area contributed by atoms with Gasteiger partial charge in [0.15, 0.2) is 0 Å². The average Bonchev–Trinajstić information content (AvgIpc) is 2.02. The van der Waals surface area contributed by atoms with Gasteiger partial charge < -0.3 is 16.4 Å². The summed E-state index contributed by atoms with van der Waals surface area (Å²) in [4.78, 5) is 13.6. The van der Waals surface area contributed by atoms with Crippen LogP contribution in [0.15, 0.2) is 0 Å². The Balaban J connectivity index is 2.38. The van der Waals surface area contributed by atoms with Crippen LogP contribution < -0.4 is 11.5 Å². The summed E-state index contributed by atoms with van der Waals surface area (Å²) in [5.74, 6) is 0.157. The number of hydrogen-bond donors (Lipinski definition) is 2. The largest absolute Gasteiger partial charge is 0.343 e. The Kier molecular flexibility index (Phi) is 3.50. The molecule has 0 radical (unpaired) electrons. The van der Waals surface area contributed by atoms with Gasteiger partial charge in [0.2, 0.25) is 5.91 Å². The number of amides is 1. The fourth-order valence-corrected chi connectivity index (χ4v) is 1.65. The van der Waals surface area contributed by atoms with Gasteiger partial charge in [0, 0.05) is 31.1 Å². The number of piperidine rings is 1. The summed E-state index contributed by atoms with van der Waals surface area (Å²) in [6.45, 7) is 5.33. The number of carbonyl (C=O) groups excluding carboxylic acids is 1. The molecule has 1 saturated heterocycles. The van der Waals surface area contributed by atoms with E-state index in [4.69, 9.17) is 11.5 Å². The summed E-state index contributed by atoms with van der Waals surface area (Å²) in [5.41, 5.74) is 11.2. The predicted molar refractivity (Wildman–Crippen MR) is 56.7 cm³/mol. The summed E-state index contributed by atoms with van der Waals surface area (Å²) in [6, 6.07) is 0.268. The molecule has 1 fully saturated rings. The number of carbonyl (C=O) groups is 1. The molecule has 14 heavy (non-hydrogen) atoms. The van der Waals surface area contributed by atoms with Gasteiger partial charge in [-0.1, -0.05) is 0 Å². The van der Waals surface area contributed by atoms with Gasteiger partial charge in [0.05, 0.1) is 0 Å². The van der Waals surface area contributed by atoms with Crippen LogP contribution in [0, 0.1) is 0 Å². The van der Waals surface area contributed by atoms with E-state index in [9.17, 15) is 4.79 Å². The zero-order chi connectivity index (χ0) is 10.8. The third-order valence-corrected chi connectivity index (χ3v) is 2.50. The van der Waals surface area contributed by atoms with E-state index in [2.05, 4.69) is 0 Å². The molecule has 0 unspecified atom stereocenters. The SMILES string of the molecule is CC(C)(N)CC(=O)N1CCC(N)CC1. The highest BCUT2D eigenvalue weighted by Gasteiger charge is 2.24. The first-order valence-corrected chi connectivity index (χ1v) is 5.21. The van der Waals surface area contributed by atoms with Crippen molar-refractivity contribution in [2.45, 2.75) is 44.7 Å². The van der Waals surface area contributed by atoms with E-state index in [0.717, 1.165) is 25.9 Å². The molecule has 1 heterocycles. The van der Waals surface area contributed by atoms with E-state index in [-0.39, 0.29) is 11.9 Å². The predicted octanol–water partition coefficient (Wildman–Crippen LogP) is 0.0635. The molecule has 4 N–H and O–H groups in total. The molecule has 0 aliphatic carbocycles. The molecule has 0 bridgehead atoms. The molecule has 0 saturated carbocycles. The summed E-state index contributed by atoms with van der Waals surface area (Å²) in [7, 11) is 0. The first-order valence-electron chi connectivity index (χ1n) is 5.21. The standard InChI is InChI=1S/C10H21N3O/c1-10(2,12)7-9(14)13-5-3-8(11)4-6-13/h8H,3-7,11-12H2,1-2H3. The second kappa shape index (κ2) is 4.28. The van der Waals surface area contributed by atoms with Gasteiger partial charge in [0.1, 0.15) is 0 Å². The molecule has 4 nitrogen and oxygen atoms in total. The van der Waals surface area contributed by atoms with Crippen molar-refractivity contribution in [1.82, 2.24) is 4.90 Å². The normalized spacial score (nSPS) is 19.9. The number of likely N-dealkylation sites (tertiary alicyclic amines) is 1. The Labute approximate surface area is 85.6 Å². The summed E-state index contributed by atoms with van der Waals surface area (Å²) in [6.07, 6.45) is 2.25. The highest BCUT2D eigenvalue weighted by molar-refractivity contribution is 5.77. The summed E-state index contributed by atoms with van der Waals surface area (Å²) >= 11 is 0. The van der Waals surface area contributed by atoms with Crippen molar-refractivity contribution in [1.29, 1.82) is 0 Å². The van der Waals surface area contributed by atoms with Crippen molar-refractivity contribution in [3.05, 3.63) is 0 Å². The maximum absolute atomic E-state index is 11.7. The van der Waals surface area contributed by atoms with Crippen LogP contribution in [-0.4, -0.2) is 35.5 Å². The van der Waals surface area contributed by atoms with Gasteiger partial charge in [-0.15, -0.1) is 0 Å². The van der Waals surface area contributed by atoms with Crippen LogP contribution >= 0.6 is 0 Å². The van der Waals surface area contributed by atoms with Crippen molar-refractivity contribution in [2.75, 3.05) is 13.1 Å². The van der Waals surface area contributed by atoms with Crippen LogP contribution in [0.1, 0.15) is 33.1 Å². The second-order valence-electron chi connectivity index (χ2n) is 4.88. The van der Waals surface area contributed by atoms with Crippen molar-refractivity contribution in [3.8, 4) is 0 Å². The zero-order valence-electron chi connectivity index (χ0n) is 9.12. The lowest BCUT2D eigenvalue weighted by Crippen LogP contribution is -2.46. The molecule has 0 aromatic carbocycles. The fourth-order valence-electron chi connectivity index (χ4n) is 1.65.